The molecule has 1 aromatic carbocycles. The van der Waals surface area contributed by atoms with E-state index in [-0.39, 0.29) is 11.9 Å². The fourth-order valence-electron chi connectivity index (χ4n) is 2.17. The quantitative estimate of drug-likeness (QED) is 0.776. The Kier molecular flexibility index (Phi) is 4.18. The van der Waals surface area contributed by atoms with Gasteiger partial charge in [0.15, 0.2) is 0 Å². The van der Waals surface area contributed by atoms with Crippen LogP contribution in [0.1, 0.15) is 37.7 Å². The summed E-state index contributed by atoms with van der Waals surface area (Å²) in [5.74, 6) is 0. The highest BCUT2D eigenvalue weighted by atomic mass is 32.2. The average molecular weight is 254 g/mol. The molecular formula is C13H18O3S. The molecule has 1 aliphatic rings. The van der Waals surface area contributed by atoms with Crippen molar-refractivity contribution in [3.8, 4) is 0 Å². The van der Waals surface area contributed by atoms with Crippen molar-refractivity contribution in [1.29, 1.82) is 0 Å². The van der Waals surface area contributed by atoms with E-state index in [1.165, 1.54) is 0 Å². The second-order valence-electron chi connectivity index (χ2n) is 4.50. The Labute approximate surface area is 103 Å². The van der Waals surface area contributed by atoms with Gasteiger partial charge in [-0.2, -0.15) is 8.42 Å². The Bertz CT molecular complexity index is 433. The lowest BCUT2D eigenvalue weighted by Crippen LogP contribution is -2.25. The highest BCUT2D eigenvalue weighted by molar-refractivity contribution is 7.87. The van der Waals surface area contributed by atoms with E-state index in [4.69, 9.17) is 4.18 Å². The summed E-state index contributed by atoms with van der Waals surface area (Å²) in [6.07, 6.45) is 4.64. The van der Waals surface area contributed by atoms with Gasteiger partial charge in [-0.1, -0.05) is 49.6 Å². The van der Waals surface area contributed by atoms with Crippen LogP contribution in [-0.2, 0) is 20.9 Å². The summed E-state index contributed by atoms with van der Waals surface area (Å²) in [5, 5.41) is -0.292. The van der Waals surface area contributed by atoms with E-state index >= 15 is 0 Å². The van der Waals surface area contributed by atoms with E-state index < -0.39 is 10.1 Å². The Morgan fingerprint density at radius 2 is 1.71 bits per heavy atom. The van der Waals surface area contributed by atoms with Gasteiger partial charge in [0.25, 0.3) is 10.1 Å². The normalized spacial score (nSPS) is 18.1. The van der Waals surface area contributed by atoms with Gasteiger partial charge in [-0.3, -0.25) is 4.18 Å². The zero-order valence-electron chi connectivity index (χ0n) is 9.84. The maximum atomic E-state index is 11.9. The van der Waals surface area contributed by atoms with E-state index in [1.54, 1.807) is 0 Å². The predicted octanol–water partition coefficient (Wildman–Crippen LogP) is 2.87. The molecule has 0 radical (unpaired) electrons. The van der Waals surface area contributed by atoms with E-state index in [2.05, 4.69) is 0 Å². The summed E-state index contributed by atoms with van der Waals surface area (Å²) >= 11 is 0. The SMILES string of the molecule is O=S(=O)(OCc1ccccc1)C1CCCCC1. The van der Waals surface area contributed by atoms with Crippen molar-refractivity contribution in [1.82, 2.24) is 0 Å². The van der Waals surface area contributed by atoms with Gasteiger partial charge in [0.05, 0.1) is 11.9 Å². The van der Waals surface area contributed by atoms with Gasteiger partial charge >= 0.3 is 0 Å². The molecule has 0 bridgehead atoms. The van der Waals surface area contributed by atoms with Crippen molar-refractivity contribution in [2.45, 2.75) is 44.0 Å². The van der Waals surface area contributed by atoms with Crippen LogP contribution >= 0.6 is 0 Å². The molecule has 0 N–H and O–H groups in total. The van der Waals surface area contributed by atoms with Crippen molar-refractivity contribution < 1.29 is 12.6 Å². The fourth-order valence-corrected chi connectivity index (χ4v) is 3.58. The van der Waals surface area contributed by atoms with E-state index in [1.807, 2.05) is 30.3 Å². The summed E-state index contributed by atoms with van der Waals surface area (Å²) in [7, 11) is -3.38. The van der Waals surface area contributed by atoms with Crippen LogP contribution < -0.4 is 0 Å². The summed E-state index contributed by atoms with van der Waals surface area (Å²) in [6.45, 7) is 0.152. The van der Waals surface area contributed by atoms with Crippen molar-refractivity contribution in [3.63, 3.8) is 0 Å². The van der Waals surface area contributed by atoms with Crippen LogP contribution in [0.2, 0.25) is 0 Å². The van der Waals surface area contributed by atoms with Gasteiger partial charge in [-0.15, -0.1) is 0 Å². The second-order valence-corrected chi connectivity index (χ2v) is 6.39. The molecule has 17 heavy (non-hydrogen) atoms. The molecule has 0 aliphatic heterocycles. The fraction of sp³-hybridized carbons (Fsp3) is 0.538. The highest BCUT2D eigenvalue weighted by Crippen LogP contribution is 2.25. The minimum Gasteiger partial charge on any atom is -0.265 e. The van der Waals surface area contributed by atoms with Crippen LogP contribution in [0.15, 0.2) is 30.3 Å². The molecule has 3 nitrogen and oxygen atoms in total. The zero-order chi connectivity index (χ0) is 12.1. The van der Waals surface area contributed by atoms with Gasteiger partial charge in [-0.25, -0.2) is 0 Å². The zero-order valence-corrected chi connectivity index (χ0v) is 10.7. The largest absolute Gasteiger partial charge is 0.270 e. The lowest BCUT2D eigenvalue weighted by molar-refractivity contribution is 0.294. The van der Waals surface area contributed by atoms with Crippen LogP contribution in [0, 0.1) is 0 Å². The average Bonchev–Trinajstić information content (AvgIpc) is 2.39. The predicted molar refractivity (Wildman–Crippen MR) is 67.0 cm³/mol. The molecule has 2 rings (SSSR count). The third-order valence-corrected chi connectivity index (χ3v) is 4.93. The standard InChI is InChI=1S/C13H18O3S/c14-17(15,13-9-5-2-6-10-13)16-11-12-7-3-1-4-8-12/h1,3-4,7-8,13H,2,5-6,9-11H2. The molecule has 1 saturated carbocycles. The van der Waals surface area contributed by atoms with Gasteiger partial charge in [0.2, 0.25) is 0 Å². The van der Waals surface area contributed by atoms with Crippen LogP contribution in [0.4, 0.5) is 0 Å². The topological polar surface area (TPSA) is 43.4 Å². The van der Waals surface area contributed by atoms with Crippen LogP contribution in [-0.4, -0.2) is 13.7 Å². The molecule has 0 aromatic heterocycles. The first kappa shape index (κ1) is 12.6. The van der Waals surface area contributed by atoms with Crippen molar-refractivity contribution in [2.24, 2.45) is 0 Å². The number of hydrogen-bond donors (Lipinski definition) is 0. The first-order valence-corrected chi connectivity index (χ1v) is 7.58. The Morgan fingerprint density at radius 3 is 2.35 bits per heavy atom. The molecule has 0 unspecified atom stereocenters. The smallest absolute Gasteiger partial charge is 0.265 e. The molecule has 1 aliphatic carbocycles. The van der Waals surface area contributed by atoms with Crippen LogP contribution in [0.5, 0.6) is 0 Å². The third-order valence-electron chi connectivity index (χ3n) is 3.19. The van der Waals surface area contributed by atoms with Crippen molar-refractivity contribution >= 4 is 10.1 Å². The maximum Gasteiger partial charge on any atom is 0.270 e. The number of rotatable bonds is 4. The second kappa shape index (κ2) is 5.65. The highest BCUT2D eigenvalue weighted by Gasteiger charge is 2.27. The molecule has 94 valence electrons. The minimum atomic E-state index is -3.38. The monoisotopic (exact) mass is 254 g/mol. The lowest BCUT2D eigenvalue weighted by atomic mass is 10.0. The number of benzene rings is 1. The molecule has 0 atom stereocenters. The van der Waals surface area contributed by atoms with Crippen molar-refractivity contribution in [3.05, 3.63) is 35.9 Å². The van der Waals surface area contributed by atoms with Gasteiger partial charge in [0, 0.05) is 0 Å². The van der Waals surface area contributed by atoms with Crippen molar-refractivity contribution in [2.75, 3.05) is 0 Å². The minimum absolute atomic E-state index is 0.152. The molecule has 0 saturated heterocycles. The summed E-state index contributed by atoms with van der Waals surface area (Å²) in [5.41, 5.74) is 0.895. The number of hydrogen-bond acceptors (Lipinski definition) is 3. The first-order chi connectivity index (χ1) is 8.18. The molecule has 0 heterocycles. The molecule has 4 heteroatoms. The lowest BCUT2D eigenvalue weighted by Gasteiger charge is -2.21. The summed E-state index contributed by atoms with van der Waals surface area (Å²) < 4.78 is 29.0. The van der Waals surface area contributed by atoms with Gasteiger partial charge in [-0.05, 0) is 18.4 Å². The van der Waals surface area contributed by atoms with Crippen LogP contribution in [0.25, 0.3) is 0 Å². The Balaban J connectivity index is 1.93. The molecular weight excluding hydrogens is 236 g/mol. The molecule has 1 aromatic rings. The molecule has 0 spiro atoms. The van der Waals surface area contributed by atoms with E-state index in [0.717, 1.165) is 37.7 Å². The van der Waals surface area contributed by atoms with E-state index in [9.17, 15) is 8.42 Å². The summed E-state index contributed by atoms with van der Waals surface area (Å²) in [4.78, 5) is 0. The Morgan fingerprint density at radius 1 is 1.06 bits per heavy atom. The van der Waals surface area contributed by atoms with E-state index in [0.29, 0.717) is 0 Å². The third kappa shape index (κ3) is 3.54. The maximum absolute atomic E-state index is 11.9. The molecule has 0 amide bonds. The van der Waals surface area contributed by atoms with Crippen LogP contribution in [0.3, 0.4) is 0 Å². The molecule has 1 fully saturated rings. The summed E-state index contributed by atoms with van der Waals surface area (Å²) in [6, 6.07) is 9.41. The first-order valence-electron chi connectivity index (χ1n) is 6.11. The van der Waals surface area contributed by atoms with Gasteiger partial charge in [0.1, 0.15) is 0 Å². The Hall–Kier alpha value is -0.870. The van der Waals surface area contributed by atoms with Gasteiger partial charge < -0.3 is 0 Å².